The highest BCUT2D eigenvalue weighted by Crippen LogP contribution is 2.28. The maximum absolute atomic E-state index is 11.8. The highest BCUT2D eigenvalue weighted by molar-refractivity contribution is 6.06. The van der Waals surface area contributed by atoms with Gasteiger partial charge in [0.15, 0.2) is 0 Å². The lowest BCUT2D eigenvalue weighted by Gasteiger charge is -2.21. The van der Waals surface area contributed by atoms with Crippen molar-refractivity contribution in [2.75, 3.05) is 6.54 Å². The molecule has 1 fully saturated rings. The van der Waals surface area contributed by atoms with Gasteiger partial charge in [0.05, 0.1) is 0 Å². The quantitative estimate of drug-likeness (QED) is 0.888. The van der Waals surface area contributed by atoms with Crippen LogP contribution in [0.3, 0.4) is 0 Å². The average Bonchev–Trinajstić information content (AvgIpc) is 2.82. The molecule has 1 unspecified atom stereocenters. The zero-order valence-electron chi connectivity index (χ0n) is 11.8. The Morgan fingerprint density at radius 1 is 1.05 bits per heavy atom. The van der Waals surface area contributed by atoms with Crippen LogP contribution in [0.1, 0.15) is 18.5 Å². The van der Waals surface area contributed by atoms with Crippen LogP contribution in [0.2, 0.25) is 0 Å². The first-order valence-electron chi connectivity index (χ1n) is 7.02. The van der Waals surface area contributed by atoms with Gasteiger partial charge in [0.2, 0.25) is 0 Å². The van der Waals surface area contributed by atoms with Crippen molar-refractivity contribution in [2.45, 2.75) is 13.0 Å². The first kappa shape index (κ1) is 13.4. The number of amides is 2. The number of carbonyl (C=O) groups excluding carboxylic acids is 1. The average molecular weight is 279 g/mol. The molecule has 1 atom stereocenters. The van der Waals surface area contributed by atoms with Gasteiger partial charge in [-0.05, 0) is 23.6 Å². The van der Waals surface area contributed by atoms with Crippen molar-refractivity contribution in [2.24, 2.45) is 0 Å². The minimum absolute atomic E-state index is 0.195. The lowest BCUT2D eigenvalue weighted by Crippen LogP contribution is -2.29. The van der Waals surface area contributed by atoms with Crippen LogP contribution in [-0.2, 0) is 0 Å². The van der Waals surface area contributed by atoms with Crippen molar-refractivity contribution in [3.8, 4) is 11.1 Å². The Labute approximate surface area is 123 Å². The number of nitrogens with zero attached hydrogens (tertiary/aromatic N) is 1. The zero-order chi connectivity index (χ0) is 14.8. The second kappa shape index (κ2) is 5.40. The first-order valence-corrected chi connectivity index (χ1v) is 7.02. The third kappa shape index (κ3) is 2.40. The summed E-state index contributed by atoms with van der Waals surface area (Å²) in [6, 6.07) is 17.7. The summed E-state index contributed by atoms with van der Waals surface area (Å²) in [5.74, 6) is 0.245. The molecule has 1 saturated heterocycles. The summed E-state index contributed by atoms with van der Waals surface area (Å²) in [6.07, 6.45) is 0. The molecule has 0 radical (unpaired) electrons. The molecule has 0 bridgehead atoms. The summed E-state index contributed by atoms with van der Waals surface area (Å²) in [6.45, 7) is 2.50. The van der Waals surface area contributed by atoms with Gasteiger partial charge in [0.25, 0.3) is 0 Å². The fourth-order valence-electron chi connectivity index (χ4n) is 2.69. The van der Waals surface area contributed by atoms with Crippen LogP contribution < -0.4 is 5.32 Å². The number of hydrogen-bond acceptors (Lipinski definition) is 2. The molecular weight excluding hydrogens is 262 g/mol. The van der Waals surface area contributed by atoms with E-state index in [1.54, 1.807) is 4.90 Å². The molecule has 4 nitrogen and oxygen atoms in total. The van der Waals surface area contributed by atoms with Gasteiger partial charge in [0, 0.05) is 6.54 Å². The van der Waals surface area contributed by atoms with Crippen LogP contribution in [-0.4, -0.2) is 23.3 Å². The fourth-order valence-corrected chi connectivity index (χ4v) is 2.69. The van der Waals surface area contributed by atoms with E-state index in [1.165, 1.54) is 0 Å². The first-order chi connectivity index (χ1) is 10.2. The van der Waals surface area contributed by atoms with E-state index in [9.17, 15) is 4.79 Å². The number of rotatable bonds is 3. The number of carbonyl (C=O) groups is 1. The lowest BCUT2D eigenvalue weighted by molar-refractivity contribution is 0.209. The SMILES string of the molecule is CCN1C(=O)NC(=N)C1c1ccc(-c2ccccc2)cc1. The molecule has 2 aromatic rings. The molecule has 106 valence electrons. The van der Waals surface area contributed by atoms with E-state index in [0.29, 0.717) is 6.54 Å². The van der Waals surface area contributed by atoms with Crippen molar-refractivity contribution < 1.29 is 4.79 Å². The second-order valence-corrected chi connectivity index (χ2v) is 5.02. The molecule has 2 aromatic carbocycles. The number of urea groups is 1. The van der Waals surface area contributed by atoms with E-state index in [-0.39, 0.29) is 17.9 Å². The van der Waals surface area contributed by atoms with Crippen molar-refractivity contribution in [1.29, 1.82) is 5.41 Å². The molecule has 21 heavy (non-hydrogen) atoms. The number of nitrogens with one attached hydrogen (secondary N) is 2. The number of likely N-dealkylation sites (N-methyl/N-ethyl adjacent to an activating group) is 1. The van der Waals surface area contributed by atoms with Crippen molar-refractivity contribution in [3.05, 3.63) is 60.2 Å². The lowest BCUT2D eigenvalue weighted by atomic mass is 10.00. The highest BCUT2D eigenvalue weighted by atomic mass is 16.2. The minimum Gasteiger partial charge on any atom is -0.310 e. The van der Waals surface area contributed by atoms with Gasteiger partial charge in [-0.2, -0.15) is 0 Å². The molecule has 0 spiro atoms. The third-order valence-corrected chi connectivity index (χ3v) is 3.76. The monoisotopic (exact) mass is 279 g/mol. The van der Waals surface area contributed by atoms with Crippen LogP contribution in [0.4, 0.5) is 4.79 Å². The van der Waals surface area contributed by atoms with Crippen molar-refractivity contribution >= 4 is 11.9 Å². The molecule has 3 rings (SSSR count). The van der Waals surface area contributed by atoms with Crippen LogP contribution in [0.15, 0.2) is 54.6 Å². The molecule has 1 heterocycles. The molecule has 1 aliphatic heterocycles. The van der Waals surface area contributed by atoms with Crippen LogP contribution >= 0.6 is 0 Å². The van der Waals surface area contributed by atoms with Gasteiger partial charge < -0.3 is 4.90 Å². The molecule has 2 N–H and O–H groups in total. The molecule has 0 aliphatic carbocycles. The Kier molecular flexibility index (Phi) is 3.44. The topological polar surface area (TPSA) is 56.2 Å². The maximum Gasteiger partial charge on any atom is 0.323 e. The largest absolute Gasteiger partial charge is 0.323 e. The van der Waals surface area contributed by atoms with Crippen molar-refractivity contribution in [1.82, 2.24) is 10.2 Å². The van der Waals surface area contributed by atoms with Gasteiger partial charge in [-0.15, -0.1) is 0 Å². The van der Waals surface area contributed by atoms with Gasteiger partial charge in [-0.3, -0.25) is 10.7 Å². The van der Waals surface area contributed by atoms with E-state index in [0.717, 1.165) is 16.7 Å². The predicted molar refractivity (Wildman–Crippen MR) is 83.3 cm³/mol. The Morgan fingerprint density at radius 3 is 2.29 bits per heavy atom. The summed E-state index contributed by atoms with van der Waals surface area (Å²) in [7, 11) is 0. The third-order valence-electron chi connectivity index (χ3n) is 3.76. The fraction of sp³-hybridized carbons (Fsp3) is 0.176. The molecule has 1 aliphatic rings. The Bertz CT molecular complexity index is 664. The molecule has 0 saturated carbocycles. The standard InChI is InChI=1S/C17H17N3O/c1-2-20-15(16(18)19-17(20)21)14-10-8-13(9-11-14)12-6-4-3-5-7-12/h3-11,15H,2H2,1H3,(H2,18,19,21). The van der Waals surface area contributed by atoms with Gasteiger partial charge in [0.1, 0.15) is 11.9 Å². The summed E-state index contributed by atoms with van der Waals surface area (Å²) in [5, 5.41) is 10.5. The van der Waals surface area contributed by atoms with E-state index >= 15 is 0 Å². The van der Waals surface area contributed by atoms with Gasteiger partial charge >= 0.3 is 6.03 Å². The normalized spacial score (nSPS) is 18.0. The maximum atomic E-state index is 11.8. The molecule has 0 aromatic heterocycles. The summed E-state index contributed by atoms with van der Waals surface area (Å²) < 4.78 is 0. The highest BCUT2D eigenvalue weighted by Gasteiger charge is 2.35. The Morgan fingerprint density at radius 2 is 1.67 bits per heavy atom. The number of hydrogen-bond donors (Lipinski definition) is 2. The van der Waals surface area contributed by atoms with Gasteiger partial charge in [-0.25, -0.2) is 4.79 Å². The van der Waals surface area contributed by atoms with Crippen LogP contribution in [0.25, 0.3) is 11.1 Å². The summed E-state index contributed by atoms with van der Waals surface area (Å²) >= 11 is 0. The molecular formula is C17H17N3O. The second-order valence-electron chi connectivity index (χ2n) is 5.02. The van der Waals surface area contributed by atoms with Crippen LogP contribution in [0, 0.1) is 5.41 Å². The minimum atomic E-state index is -0.299. The summed E-state index contributed by atoms with van der Waals surface area (Å²) in [4.78, 5) is 13.4. The number of amidine groups is 1. The zero-order valence-corrected chi connectivity index (χ0v) is 11.8. The van der Waals surface area contributed by atoms with E-state index in [4.69, 9.17) is 5.41 Å². The Balaban J connectivity index is 1.91. The van der Waals surface area contributed by atoms with E-state index < -0.39 is 0 Å². The molecule has 4 heteroatoms. The smallest absolute Gasteiger partial charge is 0.310 e. The predicted octanol–water partition coefficient (Wildman–Crippen LogP) is 3.42. The van der Waals surface area contributed by atoms with E-state index in [1.807, 2.05) is 49.4 Å². The molecule has 2 amide bonds. The van der Waals surface area contributed by atoms with Gasteiger partial charge in [-0.1, -0.05) is 54.6 Å². The Hall–Kier alpha value is -2.62. The number of benzene rings is 2. The van der Waals surface area contributed by atoms with E-state index in [2.05, 4.69) is 17.4 Å². The van der Waals surface area contributed by atoms with Crippen molar-refractivity contribution in [3.63, 3.8) is 0 Å². The van der Waals surface area contributed by atoms with Crippen LogP contribution in [0.5, 0.6) is 0 Å². The summed E-state index contributed by atoms with van der Waals surface area (Å²) in [5.41, 5.74) is 3.25.